The number of anilines is 1. The molecule has 0 bridgehead atoms. The van der Waals surface area contributed by atoms with Crippen LogP contribution < -0.4 is 5.06 Å². The van der Waals surface area contributed by atoms with Gasteiger partial charge in [0.05, 0.1) is 18.3 Å². The number of hydroxylamine groups is 1. The first-order chi connectivity index (χ1) is 15.0. The molecule has 1 aliphatic carbocycles. The lowest BCUT2D eigenvalue weighted by Crippen LogP contribution is -2.37. The zero-order chi connectivity index (χ0) is 22.0. The van der Waals surface area contributed by atoms with E-state index >= 15 is 0 Å². The minimum Gasteiger partial charge on any atom is -0.286 e. The molecule has 31 heavy (non-hydrogen) atoms. The Balaban J connectivity index is 1.45. The van der Waals surface area contributed by atoms with E-state index in [0.717, 1.165) is 42.3 Å². The number of aromatic nitrogens is 1. The highest BCUT2D eigenvalue weighted by molar-refractivity contribution is 6.30. The summed E-state index contributed by atoms with van der Waals surface area (Å²) in [7, 11) is 1.58. The van der Waals surface area contributed by atoms with Gasteiger partial charge in [-0.05, 0) is 91.6 Å². The van der Waals surface area contributed by atoms with Gasteiger partial charge in [-0.15, -0.1) is 0 Å². The summed E-state index contributed by atoms with van der Waals surface area (Å²) in [6, 6.07) is 14.2. The smallest absolute Gasteiger partial charge is 0.130 e. The lowest BCUT2D eigenvalue weighted by molar-refractivity contribution is 0.197. The van der Waals surface area contributed by atoms with Crippen molar-refractivity contribution in [2.45, 2.75) is 38.5 Å². The molecule has 0 saturated heterocycles. The molecule has 6 heteroatoms. The van der Waals surface area contributed by atoms with Gasteiger partial charge in [0, 0.05) is 22.5 Å². The molecule has 1 fully saturated rings. The number of halogens is 2. The van der Waals surface area contributed by atoms with Crippen LogP contribution in [0.3, 0.4) is 0 Å². The fourth-order valence-electron chi connectivity index (χ4n) is 4.75. The molecule has 1 atom stereocenters. The van der Waals surface area contributed by atoms with E-state index in [2.05, 4.69) is 11.9 Å². The number of nitrogens with zero attached hydrogens (tertiary/aromatic N) is 2. The molecular weight excluding hydrogens is 413 g/mol. The summed E-state index contributed by atoms with van der Waals surface area (Å²) < 4.78 is 13.8. The maximum Gasteiger partial charge on any atom is 0.130 e. The molecule has 1 aliphatic rings. The number of pyridine rings is 1. The lowest BCUT2D eigenvalue weighted by atomic mass is 9.73. The molecule has 1 aromatic heterocycles. The largest absolute Gasteiger partial charge is 0.286 e. The molecule has 0 amide bonds. The van der Waals surface area contributed by atoms with Crippen LogP contribution in [0.4, 0.5) is 10.1 Å². The number of nitrogens with one attached hydrogen (secondary N) is 1. The van der Waals surface area contributed by atoms with Crippen LogP contribution in [-0.4, -0.2) is 17.9 Å². The topological polar surface area (TPSA) is 49.2 Å². The van der Waals surface area contributed by atoms with Crippen LogP contribution in [0.5, 0.6) is 0 Å². The Morgan fingerprint density at radius 1 is 1.13 bits per heavy atom. The molecule has 2 aromatic carbocycles. The third-order valence-electron chi connectivity index (χ3n) is 6.55. The maximum atomic E-state index is 13.8. The molecule has 3 aromatic rings. The predicted molar refractivity (Wildman–Crippen MR) is 124 cm³/mol. The average Bonchev–Trinajstić information content (AvgIpc) is 2.80. The van der Waals surface area contributed by atoms with Crippen molar-refractivity contribution in [2.75, 3.05) is 12.2 Å². The third-order valence-corrected chi connectivity index (χ3v) is 6.80. The average molecular weight is 440 g/mol. The number of benzene rings is 2. The van der Waals surface area contributed by atoms with Crippen molar-refractivity contribution in [3.8, 4) is 0 Å². The van der Waals surface area contributed by atoms with Crippen LogP contribution in [0.2, 0.25) is 5.02 Å². The Morgan fingerprint density at radius 2 is 1.84 bits per heavy atom. The zero-order valence-electron chi connectivity index (χ0n) is 17.8. The second-order valence-corrected chi connectivity index (χ2v) is 8.74. The van der Waals surface area contributed by atoms with Crippen LogP contribution in [0, 0.1) is 23.1 Å². The maximum absolute atomic E-state index is 13.8. The fraction of sp³-hybridized carbons (Fsp3) is 0.360. The minimum atomic E-state index is -0.223. The molecule has 4 rings (SSSR count). The van der Waals surface area contributed by atoms with Crippen LogP contribution >= 0.6 is 11.6 Å². The molecular formula is C25H27ClFN3O. The summed E-state index contributed by atoms with van der Waals surface area (Å²) in [4.78, 5) is 9.91. The summed E-state index contributed by atoms with van der Waals surface area (Å²) in [5.41, 5.74) is 2.82. The van der Waals surface area contributed by atoms with Crippen LogP contribution in [0.1, 0.15) is 44.1 Å². The Kier molecular flexibility index (Phi) is 6.54. The van der Waals surface area contributed by atoms with Crippen molar-refractivity contribution in [3.05, 3.63) is 71.1 Å². The first-order valence-corrected chi connectivity index (χ1v) is 11.1. The van der Waals surface area contributed by atoms with Crippen molar-refractivity contribution in [1.82, 2.24) is 4.98 Å². The van der Waals surface area contributed by atoms with Gasteiger partial charge in [-0.1, -0.05) is 18.5 Å². The Hall–Kier alpha value is -2.50. The van der Waals surface area contributed by atoms with E-state index < -0.39 is 0 Å². The van der Waals surface area contributed by atoms with E-state index in [1.165, 1.54) is 11.6 Å². The molecule has 1 saturated carbocycles. The van der Waals surface area contributed by atoms with Crippen LogP contribution in [0.15, 0.2) is 54.7 Å². The van der Waals surface area contributed by atoms with Gasteiger partial charge in [-0.3, -0.25) is 15.2 Å². The summed E-state index contributed by atoms with van der Waals surface area (Å²) in [5, 5.41) is 11.9. The second kappa shape index (κ2) is 9.33. The Labute approximate surface area is 187 Å². The number of hydrogen-bond donors (Lipinski definition) is 1. The van der Waals surface area contributed by atoms with Gasteiger partial charge in [0.25, 0.3) is 0 Å². The minimum absolute atomic E-state index is 0.0585. The van der Waals surface area contributed by atoms with Crippen molar-refractivity contribution in [2.24, 2.45) is 11.8 Å². The van der Waals surface area contributed by atoms with E-state index in [0.29, 0.717) is 22.7 Å². The van der Waals surface area contributed by atoms with Crippen molar-refractivity contribution in [3.63, 3.8) is 0 Å². The fourth-order valence-corrected chi connectivity index (χ4v) is 4.88. The number of fused-ring (bicyclic) bond motifs is 1. The van der Waals surface area contributed by atoms with Gasteiger partial charge >= 0.3 is 0 Å². The molecule has 1 unspecified atom stereocenters. The third kappa shape index (κ3) is 4.58. The van der Waals surface area contributed by atoms with E-state index in [9.17, 15) is 4.39 Å². The van der Waals surface area contributed by atoms with Gasteiger partial charge in [-0.2, -0.15) is 0 Å². The Bertz CT molecular complexity index is 1060. The van der Waals surface area contributed by atoms with Crippen molar-refractivity contribution < 1.29 is 9.23 Å². The van der Waals surface area contributed by atoms with E-state index in [1.807, 2.05) is 24.4 Å². The molecule has 0 aliphatic heterocycles. The van der Waals surface area contributed by atoms with Gasteiger partial charge in [-0.25, -0.2) is 9.45 Å². The summed E-state index contributed by atoms with van der Waals surface area (Å²) in [5.74, 6) is 1.07. The van der Waals surface area contributed by atoms with Crippen LogP contribution in [-0.2, 0) is 4.84 Å². The van der Waals surface area contributed by atoms with E-state index in [4.69, 9.17) is 21.8 Å². The van der Waals surface area contributed by atoms with E-state index in [-0.39, 0.29) is 11.7 Å². The molecule has 4 nitrogen and oxygen atoms in total. The highest BCUT2D eigenvalue weighted by Gasteiger charge is 2.31. The second-order valence-electron chi connectivity index (χ2n) is 8.30. The summed E-state index contributed by atoms with van der Waals surface area (Å²) in [6.45, 7) is 2.10. The lowest BCUT2D eigenvalue weighted by Gasteiger charge is -2.35. The highest BCUT2D eigenvalue weighted by atomic mass is 35.5. The summed E-state index contributed by atoms with van der Waals surface area (Å²) in [6.07, 6.45) is 5.90. The normalized spacial score (nSPS) is 19.9. The highest BCUT2D eigenvalue weighted by Crippen LogP contribution is 2.41. The van der Waals surface area contributed by atoms with Crippen molar-refractivity contribution >= 4 is 34.0 Å². The van der Waals surface area contributed by atoms with Crippen LogP contribution in [0.25, 0.3) is 10.9 Å². The quantitative estimate of drug-likeness (QED) is 0.265. The molecule has 1 heterocycles. The standard InChI is InChI=1S/C25H27ClFN3O/c1-16(25(28)30(31-2)21-10-7-19(26)8-11-21)17-3-5-18(6-4-17)22-13-14-29-24-12-9-20(27)15-23(22)24/h7-18,28H,3-6H2,1-2H3. The molecule has 162 valence electrons. The molecule has 0 spiro atoms. The van der Waals surface area contributed by atoms with Gasteiger partial charge in [0.2, 0.25) is 0 Å². The number of rotatable bonds is 5. The predicted octanol–water partition coefficient (Wildman–Crippen LogP) is 6.98. The monoisotopic (exact) mass is 439 g/mol. The van der Waals surface area contributed by atoms with Gasteiger partial charge in [0.15, 0.2) is 0 Å². The SMILES string of the molecule is CON(C(=N)C(C)C1CCC(c2ccnc3ccc(F)cc23)CC1)c1ccc(Cl)cc1. The zero-order valence-corrected chi connectivity index (χ0v) is 18.6. The van der Waals surface area contributed by atoms with Gasteiger partial charge in [0.1, 0.15) is 11.7 Å². The molecule has 0 radical (unpaired) electrons. The van der Waals surface area contributed by atoms with Gasteiger partial charge < -0.3 is 0 Å². The first kappa shape index (κ1) is 21.7. The molecule has 1 N–H and O–H groups in total. The summed E-state index contributed by atoms with van der Waals surface area (Å²) >= 11 is 5.99. The number of hydrogen-bond acceptors (Lipinski definition) is 3. The van der Waals surface area contributed by atoms with E-state index in [1.54, 1.807) is 36.4 Å². The van der Waals surface area contributed by atoms with Crippen molar-refractivity contribution in [1.29, 1.82) is 5.41 Å². The Morgan fingerprint density at radius 3 is 2.52 bits per heavy atom. The first-order valence-electron chi connectivity index (χ1n) is 10.7. The number of amidine groups is 1.